The first-order chi connectivity index (χ1) is 10.7. The second-order valence-corrected chi connectivity index (χ2v) is 6.25. The highest BCUT2D eigenvalue weighted by atomic mass is 16.6. The first-order valence-corrected chi connectivity index (χ1v) is 7.45. The van der Waals surface area contributed by atoms with Gasteiger partial charge in [0.2, 0.25) is 5.91 Å². The molecule has 1 aromatic rings. The molecule has 0 aromatic heterocycles. The predicted octanol–water partition coefficient (Wildman–Crippen LogP) is 3.14. The number of carbonyl (C=O) groups excluding carboxylic acids is 2. The first-order valence-electron chi connectivity index (χ1n) is 7.45. The van der Waals surface area contributed by atoms with Gasteiger partial charge in [-0.1, -0.05) is 6.07 Å². The molecule has 0 aliphatic carbocycles. The number of hydrogen-bond acceptors (Lipinski definition) is 4. The molecule has 2 amide bonds. The van der Waals surface area contributed by atoms with E-state index in [-0.39, 0.29) is 12.3 Å². The highest BCUT2D eigenvalue weighted by Crippen LogP contribution is 2.11. The molecule has 0 atom stereocenters. The summed E-state index contributed by atoms with van der Waals surface area (Å²) in [7, 11) is 1.64. The maximum Gasteiger partial charge on any atom is 0.410 e. The summed E-state index contributed by atoms with van der Waals surface area (Å²) in [5.74, 6) is -0.155. The Bertz CT molecular complexity index is 600. The number of nitrogens with one attached hydrogen (secondary N) is 1. The van der Waals surface area contributed by atoms with Gasteiger partial charge >= 0.3 is 6.09 Å². The van der Waals surface area contributed by atoms with Crippen LogP contribution in [0.1, 0.15) is 39.2 Å². The van der Waals surface area contributed by atoms with E-state index in [4.69, 9.17) is 10.00 Å². The van der Waals surface area contributed by atoms with Gasteiger partial charge in [0.25, 0.3) is 0 Å². The van der Waals surface area contributed by atoms with E-state index in [0.29, 0.717) is 24.2 Å². The number of amides is 2. The van der Waals surface area contributed by atoms with Crippen LogP contribution in [0, 0.1) is 11.3 Å². The average Bonchev–Trinajstić information content (AvgIpc) is 2.45. The molecule has 0 fully saturated rings. The number of hydrogen-bond donors (Lipinski definition) is 1. The molecule has 0 radical (unpaired) electrons. The minimum Gasteiger partial charge on any atom is -0.444 e. The third-order valence-corrected chi connectivity index (χ3v) is 2.88. The van der Waals surface area contributed by atoms with Gasteiger partial charge in [-0.05, 0) is 45.4 Å². The van der Waals surface area contributed by atoms with Gasteiger partial charge in [0.05, 0.1) is 11.6 Å². The number of carbonyl (C=O) groups is 2. The quantitative estimate of drug-likeness (QED) is 0.904. The van der Waals surface area contributed by atoms with Crippen LogP contribution in [0.15, 0.2) is 24.3 Å². The lowest BCUT2D eigenvalue weighted by atomic mass is 10.2. The van der Waals surface area contributed by atoms with Crippen LogP contribution in [-0.2, 0) is 9.53 Å². The van der Waals surface area contributed by atoms with E-state index in [2.05, 4.69) is 5.32 Å². The maximum absolute atomic E-state index is 11.9. The molecule has 6 nitrogen and oxygen atoms in total. The summed E-state index contributed by atoms with van der Waals surface area (Å²) in [6, 6.07) is 8.75. The minimum atomic E-state index is -0.533. The zero-order valence-corrected chi connectivity index (χ0v) is 14.0. The lowest BCUT2D eigenvalue weighted by Crippen LogP contribution is -2.35. The first kappa shape index (κ1) is 18.5. The molecule has 1 aromatic carbocycles. The summed E-state index contributed by atoms with van der Waals surface area (Å²) >= 11 is 0. The largest absolute Gasteiger partial charge is 0.444 e. The van der Waals surface area contributed by atoms with Crippen LogP contribution in [0.4, 0.5) is 10.5 Å². The second-order valence-electron chi connectivity index (χ2n) is 6.25. The molecular weight excluding hydrogens is 294 g/mol. The fourth-order valence-corrected chi connectivity index (χ4v) is 1.80. The molecule has 1 rings (SSSR count). The van der Waals surface area contributed by atoms with Gasteiger partial charge in [0.1, 0.15) is 5.60 Å². The van der Waals surface area contributed by atoms with Crippen molar-refractivity contribution in [3.05, 3.63) is 29.8 Å². The van der Waals surface area contributed by atoms with Crippen LogP contribution in [-0.4, -0.2) is 36.1 Å². The van der Waals surface area contributed by atoms with Gasteiger partial charge < -0.3 is 15.0 Å². The standard InChI is InChI=1S/C17H23N3O3/c1-17(2,3)23-16(22)20(4)10-6-9-15(21)19-14-8-5-7-13(11-14)12-18/h5,7-8,11H,6,9-10H2,1-4H3,(H,19,21). The zero-order chi connectivity index (χ0) is 17.5. The highest BCUT2D eigenvalue weighted by Gasteiger charge is 2.19. The minimum absolute atomic E-state index is 0.155. The molecule has 0 saturated heterocycles. The number of benzene rings is 1. The molecule has 0 aliphatic heterocycles. The van der Waals surface area contributed by atoms with E-state index < -0.39 is 11.7 Å². The Morgan fingerprint density at radius 1 is 1.35 bits per heavy atom. The number of ether oxygens (including phenoxy) is 1. The van der Waals surface area contributed by atoms with Gasteiger partial charge in [-0.2, -0.15) is 5.26 Å². The van der Waals surface area contributed by atoms with Crippen molar-refractivity contribution in [1.82, 2.24) is 4.90 Å². The van der Waals surface area contributed by atoms with Crippen LogP contribution in [0.2, 0.25) is 0 Å². The normalized spacial score (nSPS) is 10.6. The van der Waals surface area contributed by atoms with Crippen LogP contribution in [0.3, 0.4) is 0 Å². The zero-order valence-electron chi connectivity index (χ0n) is 14.0. The van der Waals surface area contributed by atoms with E-state index in [1.807, 2.05) is 26.8 Å². The fraction of sp³-hybridized carbons (Fsp3) is 0.471. The van der Waals surface area contributed by atoms with E-state index in [1.165, 1.54) is 4.90 Å². The van der Waals surface area contributed by atoms with Crippen molar-refractivity contribution < 1.29 is 14.3 Å². The molecule has 124 valence electrons. The van der Waals surface area contributed by atoms with Gasteiger partial charge in [0.15, 0.2) is 0 Å². The Morgan fingerprint density at radius 2 is 2.04 bits per heavy atom. The van der Waals surface area contributed by atoms with E-state index >= 15 is 0 Å². The van der Waals surface area contributed by atoms with Gasteiger partial charge in [-0.15, -0.1) is 0 Å². The third kappa shape index (κ3) is 7.32. The van der Waals surface area contributed by atoms with Crippen LogP contribution < -0.4 is 5.32 Å². The Labute approximate surface area is 137 Å². The molecule has 0 spiro atoms. The SMILES string of the molecule is CN(CCCC(=O)Nc1cccc(C#N)c1)C(=O)OC(C)(C)C. The Morgan fingerprint density at radius 3 is 2.65 bits per heavy atom. The highest BCUT2D eigenvalue weighted by molar-refractivity contribution is 5.90. The Hall–Kier alpha value is -2.55. The maximum atomic E-state index is 11.9. The summed E-state index contributed by atoms with van der Waals surface area (Å²) < 4.78 is 5.23. The van der Waals surface area contributed by atoms with E-state index in [9.17, 15) is 9.59 Å². The van der Waals surface area contributed by atoms with Gasteiger partial charge in [0, 0.05) is 25.7 Å². The summed E-state index contributed by atoms with van der Waals surface area (Å²) in [6.07, 6.45) is 0.406. The van der Waals surface area contributed by atoms with Crippen molar-refractivity contribution >= 4 is 17.7 Å². The van der Waals surface area contributed by atoms with Crippen molar-refractivity contribution in [3.8, 4) is 6.07 Å². The second kappa shape index (κ2) is 8.18. The number of anilines is 1. The topological polar surface area (TPSA) is 82.4 Å². The summed E-state index contributed by atoms with van der Waals surface area (Å²) in [5.41, 5.74) is 0.552. The van der Waals surface area contributed by atoms with Crippen LogP contribution >= 0.6 is 0 Å². The number of nitriles is 1. The van der Waals surface area contributed by atoms with Crippen molar-refractivity contribution in [2.45, 2.75) is 39.2 Å². The fourth-order valence-electron chi connectivity index (χ4n) is 1.80. The van der Waals surface area contributed by atoms with Crippen molar-refractivity contribution in [2.75, 3.05) is 18.9 Å². The van der Waals surface area contributed by atoms with Gasteiger partial charge in [-0.25, -0.2) is 4.79 Å². The van der Waals surface area contributed by atoms with E-state index in [1.54, 1.807) is 31.3 Å². The molecule has 0 bridgehead atoms. The molecule has 0 heterocycles. The number of nitrogens with zero attached hydrogens (tertiary/aromatic N) is 2. The van der Waals surface area contributed by atoms with Crippen LogP contribution in [0.25, 0.3) is 0 Å². The molecule has 0 saturated carbocycles. The molecule has 0 unspecified atom stereocenters. The lowest BCUT2D eigenvalue weighted by molar-refractivity contribution is -0.116. The Kier molecular flexibility index (Phi) is 6.58. The van der Waals surface area contributed by atoms with Crippen molar-refractivity contribution in [3.63, 3.8) is 0 Å². The van der Waals surface area contributed by atoms with Crippen molar-refractivity contribution in [2.24, 2.45) is 0 Å². The van der Waals surface area contributed by atoms with Gasteiger partial charge in [-0.3, -0.25) is 4.79 Å². The van der Waals surface area contributed by atoms with Crippen LogP contribution in [0.5, 0.6) is 0 Å². The monoisotopic (exact) mass is 317 g/mol. The van der Waals surface area contributed by atoms with Crippen molar-refractivity contribution in [1.29, 1.82) is 5.26 Å². The number of rotatable bonds is 5. The smallest absolute Gasteiger partial charge is 0.410 e. The predicted molar refractivity (Wildman–Crippen MR) is 87.9 cm³/mol. The summed E-state index contributed by atoms with van der Waals surface area (Å²) in [6.45, 7) is 5.85. The molecule has 23 heavy (non-hydrogen) atoms. The third-order valence-electron chi connectivity index (χ3n) is 2.88. The van der Waals surface area contributed by atoms with E-state index in [0.717, 1.165) is 0 Å². The molecule has 0 aliphatic rings. The molecular formula is C17H23N3O3. The molecule has 1 N–H and O–H groups in total. The summed E-state index contributed by atoms with van der Waals surface area (Å²) in [4.78, 5) is 25.1. The summed E-state index contributed by atoms with van der Waals surface area (Å²) in [5, 5.41) is 11.6. The molecule has 6 heteroatoms. The average molecular weight is 317 g/mol. The Balaban J connectivity index is 2.36. The lowest BCUT2D eigenvalue weighted by Gasteiger charge is -2.24.